The number of nitrogens with zero attached hydrogens (tertiary/aromatic N) is 3. The number of likely N-dealkylation sites (tertiary alicyclic amines) is 1. The number of hydrogen-bond acceptors (Lipinski definition) is 4. The molecule has 0 aliphatic carbocycles. The number of thiazole rings is 1. The van der Waals surface area contributed by atoms with Gasteiger partial charge in [-0.05, 0) is 25.7 Å². The third kappa shape index (κ3) is 3.14. The predicted molar refractivity (Wildman–Crippen MR) is 85.6 cm³/mol. The van der Waals surface area contributed by atoms with E-state index in [0.29, 0.717) is 0 Å². The quantitative estimate of drug-likeness (QED) is 0.908. The van der Waals surface area contributed by atoms with Crippen LogP contribution >= 0.6 is 11.3 Å². The fourth-order valence-corrected chi connectivity index (χ4v) is 3.71. The summed E-state index contributed by atoms with van der Waals surface area (Å²) in [5, 5.41) is 12.9. The van der Waals surface area contributed by atoms with Crippen molar-refractivity contribution in [3.63, 3.8) is 0 Å². The third-order valence-corrected chi connectivity index (χ3v) is 5.01. The van der Waals surface area contributed by atoms with Gasteiger partial charge in [-0.3, -0.25) is 5.10 Å². The van der Waals surface area contributed by atoms with E-state index >= 15 is 0 Å². The van der Waals surface area contributed by atoms with Crippen LogP contribution in [0.25, 0.3) is 0 Å². The van der Waals surface area contributed by atoms with Crippen molar-refractivity contribution in [2.45, 2.75) is 44.7 Å². The zero-order valence-corrected chi connectivity index (χ0v) is 13.5. The summed E-state index contributed by atoms with van der Waals surface area (Å²) < 4.78 is 0. The topological polar surface area (TPSA) is 73.9 Å². The number of nitrogens with one attached hydrogen (secondary N) is 2. The highest BCUT2D eigenvalue weighted by molar-refractivity contribution is 7.09. The van der Waals surface area contributed by atoms with Crippen LogP contribution in [-0.4, -0.2) is 32.7 Å². The smallest absolute Gasteiger partial charge is 0.318 e. The molecule has 0 radical (unpaired) electrons. The maximum atomic E-state index is 12.7. The second-order valence-electron chi connectivity index (χ2n) is 5.52. The van der Waals surface area contributed by atoms with Gasteiger partial charge in [0.1, 0.15) is 5.01 Å². The van der Waals surface area contributed by atoms with Crippen molar-refractivity contribution in [3.8, 4) is 0 Å². The lowest BCUT2D eigenvalue weighted by molar-refractivity contribution is 0.148. The molecule has 2 amide bonds. The van der Waals surface area contributed by atoms with Gasteiger partial charge in [0.05, 0.1) is 18.3 Å². The molecule has 1 saturated heterocycles. The number of hydrogen-bond donors (Lipinski definition) is 2. The average molecular weight is 319 g/mol. The number of H-pyrrole nitrogens is 1. The van der Waals surface area contributed by atoms with Gasteiger partial charge in [0.15, 0.2) is 0 Å². The van der Waals surface area contributed by atoms with E-state index in [0.717, 1.165) is 42.8 Å². The molecular weight excluding hydrogens is 298 g/mol. The number of amides is 2. The highest BCUT2D eigenvalue weighted by atomic mass is 32.1. The molecule has 2 N–H and O–H groups in total. The van der Waals surface area contributed by atoms with E-state index in [1.807, 2.05) is 22.7 Å². The lowest BCUT2D eigenvalue weighted by Gasteiger charge is -2.36. The number of rotatable bonds is 4. The SMILES string of the molecule is CCC(NC(=O)N1CCCCC1c1cn[nH]c1)c1nccs1. The summed E-state index contributed by atoms with van der Waals surface area (Å²) in [5.41, 5.74) is 1.08. The van der Waals surface area contributed by atoms with Crippen molar-refractivity contribution < 1.29 is 4.79 Å². The Hall–Kier alpha value is -1.89. The molecule has 2 aromatic heterocycles. The minimum absolute atomic E-state index is 0.00653. The number of urea groups is 1. The molecular formula is C15H21N5OS. The van der Waals surface area contributed by atoms with Crippen LogP contribution in [-0.2, 0) is 0 Å². The van der Waals surface area contributed by atoms with Gasteiger partial charge in [-0.2, -0.15) is 5.10 Å². The summed E-state index contributed by atoms with van der Waals surface area (Å²) in [6.45, 7) is 2.85. The van der Waals surface area contributed by atoms with Gasteiger partial charge in [-0.1, -0.05) is 6.92 Å². The second-order valence-corrected chi connectivity index (χ2v) is 6.44. The van der Waals surface area contributed by atoms with Gasteiger partial charge >= 0.3 is 6.03 Å². The van der Waals surface area contributed by atoms with E-state index in [4.69, 9.17) is 0 Å². The monoisotopic (exact) mass is 319 g/mol. The fraction of sp³-hybridized carbons (Fsp3) is 0.533. The summed E-state index contributed by atoms with van der Waals surface area (Å²) in [5.74, 6) is 0. The number of aromatic amines is 1. The second kappa shape index (κ2) is 6.91. The van der Waals surface area contributed by atoms with Crippen LogP contribution in [0, 0.1) is 0 Å². The number of carbonyl (C=O) groups excluding carboxylic acids is 1. The van der Waals surface area contributed by atoms with Crippen molar-refractivity contribution >= 4 is 17.4 Å². The van der Waals surface area contributed by atoms with Crippen LogP contribution in [0.3, 0.4) is 0 Å². The van der Waals surface area contributed by atoms with Gasteiger partial charge in [0.2, 0.25) is 0 Å². The van der Waals surface area contributed by atoms with Gasteiger partial charge in [0.25, 0.3) is 0 Å². The lowest BCUT2D eigenvalue weighted by Crippen LogP contribution is -2.45. The highest BCUT2D eigenvalue weighted by Gasteiger charge is 2.30. The molecule has 3 rings (SSSR count). The van der Waals surface area contributed by atoms with Crippen LogP contribution in [0.15, 0.2) is 24.0 Å². The van der Waals surface area contributed by atoms with E-state index in [1.165, 1.54) is 0 Å². The predicted octanol–water partition coefficient (Wildman–Crippen LogP) is 3.25. The van der Waals surface area contributed by atoms with E-state index in [1.54, 1.807) is 17.5 Å². The van der Waals surface area contributed by atoms with Gasteiger partial charge in [-0.25, -0.2) is 9.78 Å². The van der Waals surface area contributed by atoms with Crippen LogP contribution < -0.4 is 5.32 Å². The van der Waals surface area contributed by atoms with Crippen molar-refractivity contribution in [2.75, 3.05) is 6.54 Å². The van der Waals surface area contributed by atoms with Gasteiger partial charge in [-0.15, -0.1) is 11.3 Å². The van der Waals surface area contributed by atoms with E-state index in [2.05, 4.69) is 27.4 Å². The minimum atomic E-state index is -0.0144. The fourth-order valence-electron chi connectivity index (χ4n) is 2.94. The normalized spacial score (nSPS) is 19.9. The molecule has 7 heteroatoms. The molecule has 0 bridgehead atoms. The standard InChI is InChI=1S/C15H21N5OS/c1-2-12(14-16-6-8-22-14)19-15(21)20-7-4-3-5-13(20)11-9-17-18-10-11/h6,8-10,12-13H,2-5,7H2,1H3,(H,17,18)(H,19,21). The Bertz CT molecular complexity index is 583. The Labute approximate surface area is 133 Å². The highest BCUT2D eigenvalue weighted by Crippen LogP contribution is 2.31. The molecule has 1 aliphatic rings. The molecule has 0 aromatic carbocycles. The summed E-state index contributed by atoms with van der Waals surface area (Å²) in [6.07, 6.45) is 9.50. The van der Waals surface area contributed by atoms with Crippen molar-refractivity contribution in [3.05, 3.63) is 34.5 Å². The molecule has 118 valence electrons. The summed E-state index contributed by atoms with van der Waals surface area (Å²) in [7, 11) is 0. The zero-order valence-electron chi connectivity index (χ0n) is 12.7. The summed E-state index contributed by atoms with van der Waals surface area (Å²) >= 11 is 1.58. The van der Waals surface area contributed by atoms with Crippen molar-refractivity contribution in [1.29, 1.82) is 0 Å². The van der Waals surface area contributed by atoms with Crippen molar-refractivity contribution in [1.82, 2.24) is 25.4 Å². The molecule has 3 heterocycles. The Balaban J connectivity index is 1.72. The lowest BCUT2D eigenvalue weighted by atomic mass is 9.98. The van der Waals surface area contributed by atoms with Gasteiger partial charge < -0.3 is 10.2 Å². The first-order valence-electron chi connectivity index (χ1n) is 7.74. The average Bonchev–Trinajstić information content (AvgIpc) is 3.25. The Morgan fingerprint density at radius 3 is 3.18 bits per heavy atom. The van der Waals surface area contributed by atoms with Crippen LogP contribution in [0.4, 0.5) is 4.79 Å². The molecule has 0 saturated carbocycles. The Morgan fingerprint density at radius 1 is 1.59 bits per heavy atom. The maximum Gasteiger partial charge on any atom is 0.318 e. The molecule has 2 unspecified atom stereocenters. The van der Waals surface area contributed by atoms with Crippen LogP contribution in [0.5, 0.6) is 0 Å². The Morgan fingerprint density at radius 2 is 2.50 bits per heavy atom. The van der Waals surface area contributed by atoms with Gasteiger partial charge in [0, 0.05) is 29.9 Å². The number of aromatic nitrogens is 3. The minimum Gasteiger partial charge on any atom is -0.329 e. The largest absolute Gasteiger partial charge is 0.329 e. The molecule has 6 nitrogen and oxygen atoms in total. The molecule has 0 spiro atoms. The molecule has 2 aromatic rings. The van der Waals surface area contributed by atoms with Crippen LogP contribution in [0.1, 0.15) is 55.3 Å². The first-order valence-corrected chi connectivity index (χ1v) is 8.62. The zero-order chi connectivity index (χ0) is 15.4. The summed E-state index contributed by atoms with van der Waals surface area (Å²) in [4.78, 5) is 19.0. The number of carbonyl (C=O) groups is 1. The van der Waals surface area contributed by atoms with E-state index in [-0.39, 0.29) is 18.1 Å². The number of piperidine rings is 1. The van der Waals surface area contributed by atoms with E-state index < -0.39 is 0 Å². The third-order valence-electron chi connectivity index (χ3n) is 4.12. The van der Waals surface area contributed by atoms with E-state index in [9.17, 15) is 4.79 Å². The first-order chi connectivity index (χ1) is 10.8. The molecule has 22 heavy (non-hydrogen) atoms. The molecule has 1 fully saturated rings. The molecule has 2 atom stereocenters. The summed E-state index contributed by atoms with van der Waals surface area (Å²) in [6, 6.07) is 0.0914. The first kappa shape index (κ1) is 15.0. The maximum absolute atomic E-state index is 12.7. The molecule has 1 aliphatic heterocycles. The van der Waals surface area contributed by atoms with Crippen LogP contribution in [0.2, 0.25) is 0 Å². The Kier molecular flexibility index (Phi) is 4.72. The van der Waals surface area contributed by atoms with Crippen molar-refractivity contribution in [2.24, 2.45) is 0 Å².